The van der Waals surface area contributed by atoms with Crippen molar-refractivity contribution in [2.24, 2.45) is 10.1 Å². The maximum absolute atomic E-state index is 6.23. The summed E-state index contributed by atoms with van der Waals surface area (Å²) in [4.78, 5) is 4.87. The maximum atomic E-state index is 6.23. The standard InChI is InChI=1S/C22H18ClN5O/c1-14-20-21(15-8-10-17(29-2)11-9-15)28-19(13-12-18(23)26-28)24-22(20)27(25-14)16-6-4-3-5-7-16/h3-13,21H,1-2H3/t21-/m0/s1. The van der Waals surface area contributed by atoms with Crippen LogP contribution in [0.15, 0.2) is 76.8 Å². The average Bonchev–Trinajstić information content (AvgIpc) is 3.09. The summed E-state index contributed by atoms with van der Waals surface area (Å²) in [6, 6.07) is 17.8. The molecule has 0 aliphatic carbocycles. The largest absolute Gasteiger partial charge is 0.497 e. The Morgan fingerprint density at radius 3 is 2.48 bits per heavy atom. The fourth-order valence-corrected chi connectivity index (χ4v) is 3.86. The quantitative estimate of drug-likeness (QED) is 0.634. The zero-order valence-corrected chi connectivity index (χ0v) is 16.7. The van der Waals surface area contributed by atoms with Gasteiger partial charge in [-0.05, 0) is 48.9 Å². The first-order valence-electron chi connectivity index (χ1n) is 9.24. The molecular weight excluding hydrogens is 386 g/mol. The summed E-state index contributed by atoms with van der Waals surface area (Å²) in [6.07, 6.45) is 3.63. The lowest BCUT2D eigenvalue weighted by Gasteiger charge is -2.34. The van der Waals surface area contributed by atoms with E-state index in [1.54, 1.807) is 13.2 Å². The van der Waals surface area contributed by atoms with Crippen LogP contribution < -0.4 is 4.74 Å². The van der Waals surface area contributed by atoms with Gasteiger partial charge in [-0.25, -0.2) is 14.7 Å². The molecule has 1 aromatic heterocycles. The number of aromatic nitrogens is 2. The van der Waals surface area contributed by atoms with E-state index in [-0.39, 0.29) is 6.04 Å². The van der Waals surface area contributed by atoms with E-state index >= 15 is 0 Å². The van der Waals surface area contributed by atoms with Gasteiger partial charge in [-0.2, -0.15) is 10.2 Å². The Labute approximate surface area is 173 Å². The van der Waals surface area contributed by atoms with Crippen LogP contribution in [0.5, 0.6) is 5.75 Å². The molecule has 0 radical (unpaired) electrons. The van der Waals surface area contributed by atoms with Crippen LogP contribution in [0.4, 0.5) is 5.82 Å². The second kappa shape index (κ2) is 6.90. The van der Waals surface area contributed by atoms with Crippen LogP contribution in [-0.4, -0.2) is 32.9 Å². The van der Waals surface area contributed by atoms with E-state index in [1.165, 1.54) is 0 Å². The van der Waals surface area contributed by atoms with Crippen molar-refractivity contribution >= 4 is 28.4 Å². The van der Waals surface area contributed by atoms with Crippen LogP contribution in [0.2, 0.25) is 0 Å². The fraction of sp³-hybridized carbons (Fsp3) is 0.136. The zero-order valence-electron chi connectivity index (χ0n) is 16.0. The molecule has 0 amide bonds. The molecule has 3 heterocycles. The second-order valence-electron chi connectivity index (χ2n) is 6.82. The van der Waals surface area contributed by atoms with Gasteiger partial charge in [0.2, 0.25) is 0 Å². The molecule has 29 heavy (non-hydrogen) atoms. The first kappa shape index (κ1) is 17.7. The Morgan fingerprint density at radius 1 is 1.00 bits per heavy atom. The molecule has 6 nitrogen and oxygen atoms in total. The fourth-order valence-electron chi connectivity index (χ4n) is 3.71. The van der Waals surface area contributed by atoms with E-state index in [9.17, 15) is 0 Å². The molecule has 2 aromatic carbocycles. The van der Waals surface area contributed by atoms with Crippen molar-refractivity contribution < 1.29 is 4.74 Å². The molecule has 0 spiro atoms. The lowest BCUT2D eigenvalue weighted by atomic mass is 9.96. The first-order chi connectivity index (χ1) is 14.2. The molecule has 0 saturated carbocycles. The molecule has 0 bridgehead atoms. The monoisotopic (exact) mass is 403 g/mol. The first-order valence-corrected chi connectivity index (χ1v) is 9.62. The summed E-state index contributed by atoms with van der Waals surface area (Å²) < 4.78 is 7.21. The Bertz CT molecular complexity index is 1160. The van der Waals surface area contributed by atoms with Crippen molar-refractivity contribution in [3.63, 3.8) is 0 Å². The summed E-state index contributed by atoms with van der Waals surface area (Å²) in [7, 11) is 1.66. The third-order valence-electron chi connectivity index (χ3n) is 5.06. The summed E-state index contributed by atoms with van der Waals surface area (Å²) in [6.45, 7) is 2.00. The van der Waals surface area contributed by atoms with Gasteiger partial charge in [-0.15, -0.1) is 0 Å². The molecular formula is C22H18ClN5O. The van der Waals surface area contributed by atoms with Crippen molar-refractivity contribution in [3.05, 3.63) is 83.6 Å². The molecule has 5 rings (SSSR count). The number of hydrogen-bond acceptors (Lipinski definition) is 5. The molecule has 1 atom stereocenters. The number of halogens is 1. The summed E-state index contributed by atoms with van der Waals surface area (Å²) >= 11 is 6.23. The minimum absolute atomic E-state index is 0.195. The summed E-state index contributed by atoms with van der Waals surface area (Å²) in [5.74, 6) is 2.33. The highest BCUT2D eigenvalue weighted by molar-refractivity contribution is 6.68. The molecule has 0 unspecified atom stereocenters. The normalized spacial score (nSPS) is 17.3. The van der Waals surface area contributed by atoms with Gasteiger partial charge >= 0.3 is 0 Å². The van der Waals surface area contributed by atoms with Crippen molar-refractivity contribution in [1.82, 2.24) is 14.8 Å². The smallest absolute Gasteiger partial charge is 0.164 e. The highest BCUT2D eigenvalue weighted by Crippen LogP contribution is 2.43. The third-order valence-corrected chi connectivity index (χ3v) is 5.26. The molecule has 0 fully saturated rings. The van der Waals surface area contributed by atoms with Gasteiger partial charge in [-0.3, -0.25) is 0 Å². The number of fused-ring (bicyclic) bond motifs is 2. The Kier molecular flexibility index (Phi) is 4.21. The van der Waals surface area contributed by atoms with Gasteiger partial charge in [-0.1, -0.05) is 41.9 Å². The number of ether oxygens (including phenoxy) is 1. The number of allylic oxidation sites excluding steroid dienone is 1. The molecule has 3 aromatic rings. The second-order valence-corrected chi connectivity index (χ2v) is 7.20. The average molecular weight is 404 g/mol. The number of hydrazone groups is 1. The number of methoxy groups -OCH3 is 1. The predicted molar refractivity (Wildman–Crippen MR) is 115 cm³/mol. The number of aryl methyl sites for hydroxylation is 1. The molecule has 0 saturated heterocycles. The van der Waals surface area contributed by atoms with Crippen molar-refractivity contribution in [1.29, 1.82) is 0 Å². The lowest BCUT2D eigenvalue weighted by molar-refractivity contribution is 0.370. The highest BCUT2D eigenvalue weighted by Gasteiger charge is 2.36. The van der Waals surface area contributed by atoms with Crippen LogP contribution in [0.3, 0.4) is 0 Å². The Hall–Kier alpha value is -3.38. The molecule has 2 aliphatic rings. The lowest BCUT2D eigenvalue weighted by Crippen LogP contribution is -2.35. The van der Waals surface area contributed by atoms with Gasteiger partial charge in [0.25, 0.3) is 0 Å². The number of rotatable bonds is 3. The Balaban J connectivity index is 1.73. The van der Waals surface area contributed by atoms with Gasteiger partial charge in [0, 0.05) is 5.56 Å². The van der Waals surface area contributed by atoms with Crippen molar-refractivity contribution in [2.75, 3.05) is 7.11 Å². The highest BCUT2D eigenvalue weighted by atomic mass is 35.5. The molecule has 144 valence electrons. The third kappa shape index (κ3) is 2.93. The van der Waals surface area contributed by atoms with Crippen LogP contribution in [0.25, 0.3) is 5.69 Å². The minimum atomic E-state index is -0.195. The van der Waals surface area contributed by atoms with Crippen LogP contribution in [0, 0.1) is 6.92 Å². The van der Waals surface area contributed by atoms with Gasteiger partial charge in [0.05, 0.1) is 18.5 Å². The molecule has 0 N–H and O–H groups in total. The number of aliphatic imine (C=N–C) groups is 1. The van der Waals surface area contributed by atoms with E-state index in [1.807, 2.05) is 77.3 Å². The molecule has 2 aliphatic heterocycles. The van der Waals surface area contributed by atoms with E-state index in [4.69, 9.17) is 26.4 Å². The number of benzene rings is 2. The predicted octanol–water partition coefficient (Wildman–Crippen LogP) is 4.75. The Morgan fingerprint density at radius 2 is 1.76 bits per heavy atom. The number of para-hydroxylation sites is 1. The summed E-state index contributed by atoms with van der Waals surface area (Å²) in [5.41, 5.74) is 3.92. The van der Waals surface area contributed by atoms with Gasteiger partial charge in [0.1, 0.15) is 17.0 Å². The summed E-state index contributed by atoms with van der Waals surface area (Å²) in [5, 5.41) is 11.6. The van der Waals surface area contributed by atoms with E-state index in [0.29, 0.717) is 5.17 Å². The number of amidine groups is 1. The van der Waals surface area contributed by atoms with Crippen molar-refractivity contribution in [2.45, 2.75) is 13.0 Å². The molecule has 7 heteroatoms. The van der Waals surface area contributed by atoms with Gasteiger partial charge < -0.3 is 4.74 Å². The van der Waals surface area contributed by atoms with E-state index < -0.39 is 0 Å². The van der Waals surface area contributed by atoms with Gasteiger partial charge in [0.15, 0.2) is 11.7 Å². The minimum Gasteiger partial charge on any atom is -0.497 e. The van der Waals surface area contributed by atoms with Crippen LogP contribution in [-0.2, 0) is 0 Å². The zero-order chi connectivity index (χ0) is 20.0. The van der Waals surface area contributed by atoms with E-state index in [2.05, 4.69) is 5.10 Å². The topological polar surface area (TPSA) is 55.0 Å². The van der Waals surface area contributed by atoms with Crippen LogP contribution >= 0.6 is 11.6 Å². The van der Waals surface area contributed by atoms with Crippen LogP contribution in [0.1, 0.15) is 22.9 Å². The van der Waals surface area contributed by atoms with Crippen molar-refractivity contribution in [3.8, 4) is 11.4 Å². The number of nitrogens with zero attached hydrogens (tertiary/aromatic N) is 5. The SMILES string of the molecule is COc1ccc([C@H]2c3c(C)nn(-c4ccccc4)c3N=C3C=CC(Cl)=NN32)cc1. The number of hydrogen-bond donors (Lipinski definition) is 0. The van der Waals surface area contributed by atoms with E-state index in [0.717, 1.165) is 39.9 Å². The maximum Gasteiger partial charge on any atom is 0.164 e.